The first kappa shape index (κ1) is 17.0. The van der Waals surface area contributed by atoms with Gasteiger partial charge < -0.3 is 14.8 Å². The summed E-state index contributed by atoms with van der Waals surface area (Å²) in [6.45, 7) is 1.58. The number of anilines is 1. The van der Waals surface area contributed by atoms with Gasteiger partial charge in [-0.2, -0.15) is 0 Å². The molecule has 0 saturated carbocycles. The molecule has 0 saturated heterocycles. The molecule has 1 heterocycles. The molecule has 0 aromatic heterocycles. The van der Waals surface area contributed by atoms with E-state index in [1.807, 2.05) is 31.2 Å². The van der Waals surface area contributed by atoms with E-state index in [-0.39, 0.29) is 13.2 Å². The van der Waals surface area contributed by atoms with Crippen molar-refractivity contribution in [3.8, 4) is 5.75 Å². The molecule has 2 aromatic carbocycles. The summed E-state index contributed by atoms with van der Waals surface area (Å²) in [4.78, 5) is 24.1. The van der Waals surface area contributed by atoms with Crippen LogP contribution in [-0.4, -0.2) is 25.1 Å². The quantitative estimate of drug-likeness (QED) is 0.849. The van der Waals surface area contributed by atoms with Gasteiger partial charge in [-0.15, -0.1) is 0 Å². The van der Waals surface area contributed by atoms with Crippen LogP contribution in [0.15, 0.2) is 48.0 Å². The lowest BCUT2D eigenvalue weighted by molar-refractivity contribution is -0.143. The fourth-order valence-electron chi connectivity index (χ4n) is 2.37. The summed E-state index contributed by atoms with van der Waals surface area (Å²) in [5.41, 5.74) is 2.62. The van der Waals surface area contributed by atoms with Crippen molar-refractivity contribution in [2.24, 2.45) is 0 Å². The Hall–Kier alpha value is -2.79. The van der Waals surface area contributed by atoms with Gasteiger partial charge in [0, 0.05) is 16.3 Å². The van der Waals surface area contributed by atoms with Crippen molar-refractivity contribution in [2.45, 2.75) is 6.92 Å². The molecule has 0 fully saturated rings. The molecule has 5 nitrogen and oxygen atoms in total. The van der Waals surface area contributed by atoms with E-state index in [2.05, 4.69) is 5.32 Å². The minimum atomic E-state index is -0.576. The van der Waals surface area contributed by atoms with Gasteiger partial charge in [0.05, 0.1) is 5.57 Å². The third-order valence-electron chi connectivity index (χ3n) is 3.70. The Morgan fingerprint density at radius 3 is 2.88 bits per heavy atom. The molecule has 0 spiro atoms. The van der Waals surface area contributed by atoms with Crippen LogP contribution in [0.4, 0.5) is 5.69 Å². The summed E-state index contributed by atoms with van der Waals surface area (Å²) in [5.74, 6) is -0.294. The van der Waals surface area contributed by atoms with Crippen molar-refractivity contribution in [1.82, 2.24) is 0 Å². The molecule has 1 N–H and O–H groups in total. The molecule has 0 radical (unpaired) electrons. The number of hydrogen-bond donors (Lipinski definition) is 1. The topological polar surface area (TPSA) is 64.6 Å². The summed E-state index contributed by atoms with van der Waals surface area (Å²) in [6.07, 6.45) is 1.71. The van der Waals surface area contributed by atoms with Gasteiger partial charge in [-0.3, -0.25) is 4.79 Å². The number of fused-ring (bicyclic) bond motifs is 1. The zero-order valence-electron chi connectivity index (χ0n) is 13.5. The smallest absolute Gasteiger partial charge is 0.338 e. The molecule has 2 aromatic rings. The average molecular weight is 358 g/mol. The lowest BCUT2D eigenvalue weighted by Gasteiger charge is -2.17. The number of para-hydroxylation sites is 1. The maximum absolute atomic E-state index is 12.1. The molecule has 1 aliphatic rings. The van der Waals surface area contributed by atoms with Gasteiger partial charge in [0.15, 0.2) is 6.61 Å². The van der Waals surface area contributed by atoms with E-state index < -0.39 is 11.9 Å². The fraction of sp³-hybridized carbons (Fsp3) is 0.158. The van der Waals surface area contributed by atoms with Crippen molar-refractivity contribution >= 4 is 35.2 Å². The molecule has 1 aliphatic heterocycles. The maximum atomic E-state index is 12.1. The minimum absolute atomic E-state index is 0.116. The summed E-state index contributed by atoms with van der Waals surface area (Å²) in [5, 5.41) is 3.19. The van der Waals surface area contributed by atoms with Crippen molar-refractivity contribution in [2.75, 3.05) is 18.5 Å². The first-order valence-electron chi connectivity index (χ1n) is 7.68. The van der Waals surface area contributed by atoms with E-state index in [0.717, 1.165) is 11.1 Å². The van der Waals surface area contributed by atoms with E-state index in [1.165, 1.54) is 0 Å². The SMILES string of the molecule is Cc1ccc(Cl)cc1NC(=O)COC(=O)C1=Cc2ccccc2OC1. The third kappa shape index (κ3) is 4.19. The molecule has 0 atom stereocenters. The van der Waals surface area contributed by atoms with Gasteiger partial charge in [0.2, 0.25) is 0 Å². The number of amides is 1. The summed E-state index contributed by atoms with van der Waals surface area (Å²) >= 11 is 5.91. The van der Waals surface area contributed by atoms with E-state index in [4.69, 9.17) is 21.1 Å². The van der Waals surface area contributed by atoms with Gasteiger partial charge in [0.25, 0.3) is 5.91 Å². The Bertz CT molecular complexity index is 860. The standard InChI is InChI=1S/C19H16ClNO4/c1-12-6-7-15(20)9-16(12)21-18(22)11-25-19(23)14-8-13-4-2-3-5-17(13)24-10-14/h2-9H,10-11H2,1H3,(H,21,22). The van der Waals surface area contributed by atoms with Gasteiger partial charge in [-0.1, -0.05) is 35.9 Å². The molecule has 3 rings (SSSR count). The van der Waals surface area contributed by atoms with Crippen LogP contribution in [0, 0.1) is 6.92 Å². The number of halogens is 1. The Kier molecular flexibility index (Phi) is 5.05. The van der Waals surface area contributed by atoms with Crippen LogP contribution < -0.4 is 10.1 Å². The second-order valence-corrected chi connectivity index (χ2v) is 6.02. The van der Waals surface area contributed by atoms with Crippen molar-refractivity contribution in [3.63, 3.8) is 0 Å². The fourth-order valence-corrected chi connectivity index (χ4v) is 2.55. The summed E-state index contributed by atoms with van der Waals surface area (Å²) in [6, 6.07) is 12.6. The molecular formula is C19H16ClNO4. The molecule has 0 bridgehead atoms. The number of rotatable bonds is 4. The van der Waals surface area contributed by atoms with Crippen LogP contribution in [0.2, 0.25) is 5.02 Å². The second kappa shape index (κ2) is 7.40. The number of carbonyl (C=O) groups excluding carboxylic acids is 2. The van der Waals surface area contributed by atoms with Crippen molar-refractivity contribution in [3.05, 3.63) is 64.2 Å². The number of hydrogen-bond acceptors (Lipinski definition) is 4. The number of ether oxygens (including phenoxy) is 2. The predicted molar refractivity (Wildman–Crippen MR) is 95.7 cm³/mol. The number of benzene rings is 2. The summed E-state index contributed by atoms with van der Waals surface area (Å²) in [7, 11) is 0. The summed E-state index contributed by atoms with van der Waals surface area (Å²) < 4.78 is 10.6. The lowest BCUT2D eigenvalue weighted by atomic mass is 10.1. The molecule has 6 heteroatoms. The van der Waals surface area contributed by atoms with Crippen LogP contribution >= 0.6 is 11.6 Å². The molecule has 0 aliphatic carbocycles. The van der Waals surface area contributed by atoms with Crippen molar-refractivity contribution in [1.29, 1.82) is 0 Å². The first-order chi connectivity index (χ1) is 12.0. The third-order valence-corrected chi connectivity index (χ3v) is 3.94. The minimum Gasteiger partial charge on any atom is -0.488 e. The van der Waals surface area contributed by atoms with Crippen LogP contribution in [0.3, 0.4) is 0 Å². The highest BCUT2D eigenvalue weighted by atomic mass is 35.5. The van der Waals surface area contributed by atoms with E-state index in [1.54, 1.807) is 24.3 Å². The molecule has 25 heavy (non-hydrogen) atoms. The van der Waals surface area contributed by atoms with Crippen LogP contribution in [0.25, 0.3) is 6.08 Å². The van der Waals surface area contributed by atoms with Crippen LogP contribution in [0.1, 0.15) is 11.1 Å². The highest BCUT2D eigenvalue weighted by Crippen LogP contribution is 2.26. The molecule has 128 valence electrons. The zero-order chi connectivity index (χ0) is 17.8. The second-order valence-electron chi connectivity index (χ2n) is 5.58. The van der Waals surface area contributed by atoms with Gasteiger partial charge in [-0.05, 0) is 36.8 Å². The number of carbonyl (C=O) groups is 2. The normalized spacial score (nSPS) is 12.5. The van der Waals surface area contributed by atoms with Gasteiger partial charge in [0.1, 0.15) is 12.4 Å². The van der Waals surface area contributed by atoms with E-state index in [0.29, 0.717) is 22.0 Å². The molecule has 0 unspecified atom stereocenters. The number of nitrogens with one attached hydrogen (secondary N) is 1. The molecule has 1 amide bonds. The van der Waals surface area contributed by atoms with Crippen LogP contribution in [-0.2, 0) is 14.3 Å². The highest BCUT2D eigenvalue weighted by Gasteiger charge is 2.19. The zero-order valence-corrected chi connectivity index (χ0v) is 14.3. The Morgan fingerprint density at radius 2 is 2.04 bits per heavy atom. The van der Waals surface area contributed by atoms with E-state index in [9.17, 15) is 9.59 Å². The van der Waals surface area contributed by atoms with Gasteiger partial charge in [-0.25, -0.2) is 4.79 Å². The van der Waals surface area contributed by atoms with Gasteiger partial charge >= 0.3 is 5.97 Å². The molecular weight excluding hydrogens is 342 g/mol. The Balaban J connectivity index is 1.58. The Labute approximate surface area is 150 Å². The monoisotopic (exact) mass is 357 g/mol. The average Bonchev–Trinajstić information content (AvgIpc) is 2.62. The largest absolute Gasteiger partial charge is 0.488 e. The maximum Gasteiger partial charge on any atom is 0.338 e. The highest BCUT2D eigenvalue weighted by molar-refractivity contribution is 6.31. The Morgan fingerprint density at radius 1 is 1.24 bits per heavy atom. The van der Waals surface area contributed by atoms with E-state index >= 15 is 0 Å². The number of esters is 1. The lowest BCUT2D eigenvalue weighted by Crippen LogP contribution is -2.24. The number of aryl methyl sites for hydroxylation is 1. The van der Waals surface area contributed by atoms with Crippen molar-refractivity contribution < 1.29 is 19.1 Å². The van der Waals surface area contributed by atoms with Crippen LogP contribution in [0.5, 0.6) is 5.75 Å². The predicted octanol–water partition coefficient (Wildman–Crippen LogP) is 3.61. The first-order valence-corrected chi connectivity index (χ1v) is 8.06.